The molecule has 0 N–H and O–H groups in total. The summed E-state index contributed by atoms with van der Waals surface area (Å²) in [6, 6.07) is 0. The molecule has 0 aromatic carbocycles. The van der Waals surface area contributed by atoms with Gasteiger partial charge in [-0.05, 0) is 0 Å². The molecule has 0 amide bonds. The van der Waals surface area contributed by atoms with Crippen molar-refractivity contribution in [3.63, 3.8) is 0 Å². The van der Waals surface area contributed by atoms with Gasteiger partial charge in [-0.15, -0.1) is 0 Å². The molecule has 0 bridgehead atoms. The molecule has 0 heterocycles. The van der Waals surface area contributed by atoms with Crippen LogP contribution in [0, 0.1) is 24.7 Å². The van der Waals surface area contributed by atoms with Crippen LogP contribution in [-0.4, -0.2) is 11.9 Å². The van der Waals surface area contributed by atoms with E-state index in [0.29, 0.717) is 0 Å². The topological polar surface area (TPSA) is 52.6 Å². The summed E-state index contributed by atoms with van der Waals surface area (Å²) in [4.78, 5) is 23.8. The fourth-order valence-electron chi connectivity index (χ4n) is 4.59. The Morgan fingerprint density at radius 1 is 0.880 bits per heavy atom. The summed E-state index contributed by atoms with van der Waals surface area (Å²) in [7, 11) is 0. The normalized spacial score (nSPS) is 20.3. The molecule has 0 saturated heterocycles. The van der Waals surface area contributed by atoms with E-state index in [2.05, 4.69) is 0 Å². The second kappa shape index (κ2) is 7.24. The number of rotatable bonds is 3. The molecule has 5 heteroatoms. The van der Waals surface area contributed by atoms with Crippen LogP contribution in [0.1, 0.15) is 51.4 Å². The van der Waals surface area contributed by atoms with Crippen molar-refractivity contribution in [2.45, 2.75) is 60.8 Å². The van der Waals surface area contributed by atoms with Crippen LogP contribution in [0.5, 0.6) is 0 Å². The van der Waals surface area contributed by atoms with E-state index in [1.807, 2.05) is 11.8 Å². The van der Waals surface area contributed by atoms with Crippen LogP contribution >= 0.6 is 0 Å². The van der Waals surface area contributed by atoms with Gasteiger partial charge in [0.2, 0.25) is 0 Å². The molecule has 0 spiro atoms. The van der Waals surface area contributed by atoms with Crippen LogP contribution in [-0.2, 0) is 33.6 Å². The average Bonchev–Trinajstić information content (AvgIpc) is 2.96. The van der Waals surface area contributed by atoms with Crippen LogP contribution in [0.2, 0.25) is 9.45 Å². The van der Waals surface area contributed by atoms with Crippen LogP contribution in [0.25, 0.3) is 0 Å². The minimum absolute atomic E-state index is 0.0831. The number of fused-ring (bicyclic) bond motifs is 1. The quantitative estimate of drug-likeness (QED) is 0.555. The number of carbonyl (C=O) groups excluding carboxylic acids is 2. The predicted octanol–water partition coefficient (Wildman–Crippen LogP) is 3.91. The average molecular weight is 374 g/mol. The first-order valence-electron chi connectivity index (χ1n) is 8.83. The zero-order valence-corrected chi connectivity index (χ0v) is 16.1. The first-order valence-corrected chi connectivity index (χ1v) is 12.6. The molecule has 0 saturated carbocycles. The van der Waals surface area contributed by atoms with Gasteiger partial charge in [-0.3, -0.25) is 0 Å². The molecule has 3 rings (SSSR count). The fraction of sp³-hybridized carbons (Fsp3) is 0.500. The predicted molar refractivity (Wildman–Crippen MR) is 90.5 cm³/mol. The van der Waals surface area contributed by atoms with Crippen LogP contribution < -0.4 is 0 Å². The molecule has 0 aliphatic heterocycles. The Balaban J connectivity index is 2.07. The van der Waals surface area contributed by atoms with Crippen molar-refractivity contribution >= 4 is 11.9 Å². The first kappa shape index (κ1) is 18.1. The SMILES string of the molecule is C#CC(=O)[O][Ti]([CH3])([O]C(=O)C#C)[CH]1C2=C(CCCC2)C2=C1CCCC2. The van der Waals surface area contributed by atoms with Gasteiger partial charge >= 0.3 is 153 Å². The molecule has 25 heavy (non-hydrogen) atoms. The van der Waals surface area contributed by atoms with Crippen LogP contribution in [0.4, 0.5) is 0 Å². The summed E-state index contributed by atoms with van der Waals surface area (Å²) in [6.45, 7) is 0. The molecular weight excluding hydrogens is 352 g/mol. The van der Waals surface area contributed by atoms with E-state index in [4.69, 9.17) is 19.5 Å². The summed E-state index contributed by atoms with van der Waals surface area (Å²) >= 11 is -3.93. The van der Waals surface area contributed by atoms with Gasteiger partial charge in [0.1, 0.15) is 0 Å². The van der Waals surface area contributed by atoms with Gasteiger partial charge in [-0.25, -0.2) is 0 Å². The molecule has 130 valence electrons. The monoisotopic (exact) mass is 374 g/mol. The van der Waals surface area contributed by atoms with E-state index in [-0.39, 0.29) is 4.22 Å². The molecule has 4 nitrogen and oxygen atoms in total. The molecule has 0 aromatic rings. The molecular formula is C20H22O4Ti. The van der Waals surface area contributed by atoms with Gasteiger partial charge in [0.15, 0.2) is 0 Å². The van der Waals surface area contributed by atoms with Crippen molar-refractivity contribution in [3.05, 3.63) is 22.3 Å². The van der Waals surface area contributed by atoms with Gasteiger partial charge in [0.25, 0.3) is 0 Å². The van der Waals surface area contributed by atoms with E-state index in [1.54, 1.807) is 5.23 Å². The van der Waals surface area contributed by atoms with Gasteiger partial charge in [0, 0.05) is 0 Å². The molecule has 0 unspecified atom stereocenters. The van der Waals surface area contributed by atoms with Crippen LogP contribution in [0.15, 0.2) is 22.3 Å². The Morgan fingerprint density at radius 3 is 1.68 bits per heavy atom. The Hall–Kier alpha value is -1.75. The van der Waals surface area contributed by atoms with E-state index < -0.39 is 29.3 Å². The standard InChI is InChI=1S/C13H17.2C3H2O2.CH3.Ti/c1-3-7-12-10(5-1)9-11-6-2-4-8-13(11)12;2*1-2-3(4)5;;/h9H,1-8H2;2*1H,(H,4,5);1H3;/q;;;;+2/p-2. The summed E-state index contributed by atoms with van der Waals surface area (Å²) in [6.07, 6.45) is 19.1. The van der Waals surface area contributed by atoms with Crippen molar-refractivity contribution in [2.24, 2.45) is 0 Å². The fourth-order valence-corrected chi connectivity index (χ4v) is 9.33. The summed E-state index contributed by atoms with van der Waals surface area (Å²) in [5.41, 5.74) is 5.48. The summed E-state index contributed by atoms with van der Waals surface area (Å²) in [5.74, 6) is 2.44. The third-order valence-corrected chi connectivity index (χ3v) is 10.0. The molecule has 3 aliphatic rings. The Bertz CT molecular complexity index is 700. The molecule has 0 atom stereocenters. The van der Waals surface area contributed by atoms with Crippen molar-refractivity contribution < 1.29 is 33.6 Å². The number of hydrogen-bond donors (Lipinski definition) is 0. The molecule has 0 aromatic heterocycles. The van der Waals surface area contributed by atoms with Crippen molar-refractivity contribution in [3.8, 4) is 24.7 Å². The Kier molecular flexibility index (Phi) is 5.23. The van der Waals surface area contributed by atoms with Crippen molar-refractivity contribution in [2.75, 3.05) is 0 Å². The summed E-state index contributed by atoms with van der Waals surface area (Å²) in [5, 5.41) is 1.79. The maximum absolute atomic E-state index is 11.9. The van der Waals surface area contributed by atoms with E-state index in [0.717, 1.165) is 38.5 Å². The third kappa shape index (κ3) is 3.34. The number of carbonyl (C=O) groups is 2. The molecule has 0 fully saturated rings. The molecule has 3 aliphatic carbocycles. The zero-order chi connectivity index (χ0) is 18.0. The second-order valence-corrected chi connectivity index (χ2v) is 11.7. The van der Waals surface area contributed by atoms with Crippen LogP contribution in [0.3, 0.4) is 0 Å². The van der Waals surface area contributed by atoms with E-state index >= 15 is 0 Å². The van der Waals surface area contributed by atoms with Crippen molar-refractivity contribution in [1.29, 1.82) is 0 Å². The Labute approximate surface area is 153 Å². The summed E-state index contributed by atoms with van der Waals surface area (Å²) < 4.78 is 11.2. The van der Waals surface area contributed by atoms with Gasteiger partial charge < -0.3 is 0 Å². The number of hydrogen-bond acceptors (Lipinski definition) is 4. The Morgan fingerprint density at radius 2 is 1.28 bits per heavy atom. The number of allylic oxidation sites excluding steroid dienone is 4. The zero-order valence-electron chi connectivity index (χ0n) is 14.5. The van der Waals surface area contributed by atoms with E-state index in [1.165, 1.54) is 35.1 Å². The minimum atomic E-state index is -3.93. The first-order chi connectivity index (χ1) is 12.0. The van der Waals surface area contributed by atoms with Gasteiger partial charge in [-0.1, -0.05) is 0 Å². The van der Waals surface area contributed by atoms with Gasteiger partial charge in [0.05, 0.1) is 0 Å². The van der Waals surface area contributed by atoms with Gasteiger partial charge in [-0.2, -0.15) is 0 Å². The maximum atomic E-state index is 11.9. The second-order valence-electron chi connectivity index (χ2n) is 6.94. The molecule has 0 radical (unpaired) electrons. The van der Waals surface area contributed by atoms with Crippen molar-refractivity contribution in [1.82, 2.24) is 0 Å². The van der Waals surface area contributed by atoms with E-state index in [9.17, 15) is 9.59 Å². The number of terminal acetylenes is 2. The third-order valence-electron chi connectivity index (χ3n) is 5.43.